The molecule has 2 aromatic heterocycles. The molecule has 0 atom stereocenters. The lowest BCUT2D eigenvalue weighted by Crippen LogP contribution is -2.59. The molecule has 4 heterocycles. The normalized spacial score (nSPS) is 14.4. The van der Waals surface area contributed by atoms with Crippen LogP contribution in [0.25, 0.3) is 98.8 Å². The molecule has 14 rings (SSSR count). The largest absolute Gasteiger partial charge is 0.310 e. The maximum atomic E-state index is 2.62. The molecule has 3 aliphatic rings. The Bertz CT molecular complexity index is 3450. The van der Waals surface area contributed by atoms with Gasteiger partial charge < -0.3 is 9.13 Å². The molecule has 0 saturated carbocycles. The van der Waals surface area contributed by atoms with Crippen molar-refractivity contribution in [1.82, 2.24) is 9.13 Å². The highest BCUT2D eigenvalue weighted by molar-refractivity contribution is 7.00. The first-order valence-electron chi connectivity index (χ1n) is 19.9. The van der Waals surface area contributed by atoms with E-state index in [9.17, 15) is 0 Å². The second-order valence-corrected chi connectivity index (χ2v) is 16.9. The van der Waals surface area contributed by atoms with E-state index in [-0.39, 0.29) is 12.1 Å². The summed E-state index contributed by atoms with van der Waals surface area (Å²) in [6.07, 6.45) is 0. The van der Waals surface area contributed by atoms with Crippen LogP contribution in [0.2, 0.25) is 0 Å². The first-order valence-corrected chi connectivity index (χ1v) is 19.9. The topological polar surface area (TPSA) is 9.86 Å². The number of rotatable bonds is 1. The van der Waals surface area contributed by atoms with Crippen molar-refractivity contribution >= 4 is 88.3 Å². The van der Waals surface area contributed by atoms with Gasteiger partial charge >= 0.3 is 0 Å². The average Bonchev–Trinajstić information content (AvgIpc) is 3.82. The Morgan fingerprint density at radius 1 is 0.429 bits per heavy atom. The van der Waals surface area contributed by atoms with Crippen LogP contribution in [0.4, 0.5) is 0 Å². The lowest BCUT2D eigenvalue weighted by atomic mass is 9.34. The first-order chi connectivity index (χ1) is 27.5. The number of hydrogen-bond donors (Lipinski definition) is 0. The molecule has 258 valence electrons. The van der Waals surface area contributed by atoms with E-state index in [0.29, 0.717) is 0 Å². The molecule has 11 aromatic rings. The number of fused-ring (bicyclic) bond motifs is 15. The van der Waals surface area contributed by atoms with Crippen LogP contribution in [-0.2, 0) is 5.41 Å². The highest BCUT2D eigenvalue weighted by atomic mass is 15.0. The Labute approximate surface area is 323 Å². The van der Waals surface area contributed by atoms with Crippen LogP contribution < -0.4 is 16.4 Å². The minimum atomic E-state index is -0.0823. The fraction of sp³-hybridized carbons (Fsp3) is 0.0566. The van der Waals surface area contributed by atoms with Crippen molar-refractivity contribution in [3.8, 4) is 33.6 Å². The van der Waals surface area contributed by atoms with Gasteiger partial charge in [-0.15, -0.1) is 0 Å². The molecule has 3 heteroatoms. The van der Waals surface area contributed by atoms with E-state index >= 15 is 0 Å². The number of nitrogens with zero attached hydrogens (tertiary/aromatic N) is 2. The van der Waals surface area contributed by atoms with E-state index in [1.807, 2.05) is 0 Å². The summed E-state index contributed by atoms with van der Waals surface area (Å²) in [5.41, 5.74) is 19.9. The monoisotopic (exact) mass is 708 g/mol. The third-order valence-corrected chi connectivity index (χ3v) is 13.8. The van der Waals surface area contributed by atoms with Gasteiger partial charge in [0, 0.05) is 49.4 Å². The van der Waals surface area contributed by atoms with Crippen molar-refractivity contribution in [1.29, 1.82) is 0 Å². The maximum Gasteiger partial charge on any atom is 0.252 e. The van der Waals surface area contributed by atoms with Gasteiger partial charge in [0.2, 0.25) is 0 Å². The summed E-state index contributed by atoms with van der Waals surface area (Å²) in [4.78, 5) is 0. The molecule has 1 aliphatic carbocycles. The molecule has 0 fully saturated rings. The Morgan fingerprint density at radius 3 is 1.50 bits per heavy atom. The minimum absolute atomic E-state index is 0.0823. The van der Waals surface area contributed by atoms with Crippen molar-refractivity contribution in [2.75, 3.05) is 0 Å². The Kier molecular flexibility index (Phi) is 5.20. The van der Waals surface area contributed by atoms with Crippen LogP contribution in [-0.4, -0.2) is 15.8 Å². The molecular weight excluding hydrogens is 675 g/mol. The molecule has 56 heavy (non-hydrogen) atoms. The average molecular weight is 709 g/mol. The van der Waals surface area contributed by atoms with Gasteiger partial charge in [0.15, 0.2) is 0 Å². The number of aromatic nitrogens is 2. The van der Waals surface area contributed by atoms with Crippen LogP contribution in [0.1, 0.15) is 25.0 Å². The molecule has 0 N–H and O–H groups in total. The number of para-hydroxylation sites is 2. The van der Waals surface area contributed by atoms with E-state index in [4.69, 9.17) is 0 Å². The quantitative estimate of drug-likeness (QED) is 0.150. The van der Waals surface area contributed by atoms with Gasteiger partial charge in [0.05, 0.1) is 11.0 Å². The van der Waals surface area contributed by atoms with Crippen LogP contribution in [0.3, 0.4) is 0 Å². The van der Waals surface area contributed by atoms with E-state index in [1.54, 1.807) is 0 Å². The van der Waals surface area contributed by atoms with Crippen LogP contribution in [0.5, 0.6) is 0 Å². The highest BCUT2D eigenvalue weighted by Gasteiger charge is 2.42. The van der Waals surface area contributed by atoms with Crippen molar-refractivity contribution in [2.24, 2.45) is 0 Å². The van der Waals surface area contributed by atoms with E-state index in [0.717, 1.165) is 0 Å². The van der Waals surface area contributed by atoms with Crippen molar-refractivity contribution in [3.05, 3.63) is 175 Å². The Balaban J connectivity index is 1.20. The second-order valence-electron chi connectivity index (χ2n) is 16.9. The van der Waals surface area contributed by atoms with E-state index < -0.39 is 0 Å². The van der Waals surface area contributed by atoms with Crippen molar-refractivity contribution in [3.63, 3.8) is 0 Å². The molecule has 0 saturated heterocycles. The number of benzene rings is 9. The van der Waals surface area contributed by atoms with Gasteiger partial charge in [-0.2, -0.15) is 0 Å². The van der Waals surface area contributed by atoms with Crippen molar-refractivity contribution in [2.45, 2.75) is 19.3 Å². The SMILES string of the molecule is CC1(C)c2ccccc2-c2c(-c3cc4c5c(c3)-n3c6cc7ccccc7cc6c6cccc(c63)B5c3cccc5c6cc7ccccc7cc6n-4c35)cccc21. The molecule has 0 radical (unpaired) electrons. The second kappa shape index (κ2) is 9.87. The summed E-state index contributed by atoms with van der Waals surface area (Å²) in [5.74, 6) is 0. The van der Waals surface area contributed by atoms with Crippen LogP contribution in [0, 0.1) is 0 Å². The minimum Gasteiger partial charge on any atom is -0.310 e. The molecule has 0 unspecified atom stereocenters. The third-order valence-electron chi connectivity index (χ3n) is 13.8. The van der Waals surface area contributed by atoms with E-state index in [2.05, 4.69) is 187 Å². The molecular formula is C53H33BN2. The smallest absolute Gasteiger partial charge is 0.252 e. The summed E-state index contributed by atoms with van der Waals surface area (Å²) >= 11 is 0. The van der Waals surface area contributed by atoms with Gasteiger partial charge in [-0.1, -0.05) is 141 Å². The summed E-state index contributed by atoms with van der Waals surface area (Å²) < 4.78 is 5.25. The van der Waals surface area contributed by atoms with Crippen LogP contribution in [0.15, 0.2) is 164 Å². The standard InChI is InChI=1S/C53H33BN2/c1-53(2)41-20-8-7-16-38(41)49-35(17-9-21-42(49)53)34-28-47-50-48(29-34)56-46-27-33-15-6-4-13-31(33)25-40(46)37-19-11-23-44(52(37)56)54(50)43-22-10-18-36-39-24-30-12-3-5-14-32(30)26-45(39)55(47)51(36)43/h3-29H,1-2H3. The van der Waals surface area contributed by atoms with Gasteiger partial charge in [-0.05, 0) is 108 Å². The summed E-state index contributed by atoms with van der Waals surface area (Å²) in [7, 11) is 0. The Hall–Kier alpha value is -6.84. The summed E-state index contributed by atoms with van der Waals surface area (Å²) in [6, 6.07) is 62.6. The zero-order valence-electron chi connectivity index (χ0n) is 31.1. The Morgan fingerprint density at radius 2 is 0.911 bits per heavy atom. The molecule has 2 aliphatic heterocycles. The predicted octanol–water partition coefficient (Wildman–Crippen LogP) is 11.3. The van der Waals surface area contributed by atoms with Crippen LogP contribution >= 0.6 is 0 Å². The molecule has 0 bridgehead atoms. The van der Waals surface area contributed by atoms with Gasteiger partial charge in [-0.3, -0.25) is 0 Å². The molecule has 0 spiro atoms. The first kappa shape index (κ1) is 29.5. The summed E-state index contributed by atoms with van der Waals surface area (Å²) in [6.45, 7) is 4.87. The lowest BCUT2D eigenvalue weighted by Gasteiger charge is -2.34. The predicted molar refractivity (Wildman–Crippen MR) is 238 cm³/mol. The van der Waals surface area contributed by atoms with Crippen molar-refractivity contribution < 1.29 is 0 Å². The maximum absolute atomic E-state index is 2.62. The number of hydrogen-bond acceptors (Lipinski definition) is 0. The third kappa shape index (κ3) is 3.39. The highest BCUT2D eigenvalue weighted by Crippen LogP contribution is 2.52. The summed E-state index contributed by atoms with van der Waals surface area (Å²) in [5, 5.41) is 10.3. The molecule has 9 aromatic carbocycles. The zero-order chi connectivity index (χ0) is 36.6. The van der Waals surface area contributed by atoms with Gasteiger partial charge in [0.1, 0.15) is 0 Å². The lowest BCUT2D eigenvalue weighted by molar-refractivity contribution is 0.660. The molecule has 2 nitrogen and oxygen atoms in total. The fourth-order valence-corrected chi connectivity index (χ4v) is 11.4. The fourth-order valence-electron chi connectivity index (χ4n) is 11.4. The van der Waals surface area contributed by atoms with Gasteiger partial charge in [0.25, 0.3) is 6.71 Å². The van der Waals surface area contributed by atoms with E-state index in [1.165, 1.54) is 126 Å². The van der Waals surface area contributed by atoms with Gasteiger partial charge in [-0.25, -0.2) is 0 Å². The molecule has 0 amide bonds. The zero-order valence-corrected chi connectivity index (χ0v) is 31.1.